The van der Waals surface area contributed by atoms with Crippen molar-refractivity contribution in [2.45, 2.75) is 19.8 Å². The van der Waals surface area contributed by atoms with Crippen molar-refractivity contribution in [3.63, 3.8) is 0 Å². The van der Waals surface area contributed by atoms with E-state index >= 15 is 0 Å². The summed E-state index contributed by atoms with van der Waals surface area (Å²) in [7, 11) is 0. The molecule has 2 rings (SSSR count). The number of nitrogens with zero attached hydrogens (tertiary/aromatic N) is 1. The van der Waals surface area contributed by atoms with Gasteiger partial charge >= 0.3 is 0 Å². The summed E-state index contributed by atoms with van der Waals surface area (Å²) >= 11 is 5.98. The molecule has 0 unspecified atom stereocenters. The maximum Gasteiger partial charge on any atom is 0.272 e. The Balaban J connectivity index is 2.18. The smallest absolute Gasteiger partial charge is 0.267 e. The Morgan fingerprint density at radius 2 is 1.86 bits per heavy atom. The minimum absolute atomic E-state index is 0.306. The third kappa shape index (κ3) is 4.15. The highest BCUT2D eigenvalue weighted by molar-refractivity contribution is 6.33. The molecule has 1 N–H and O–H groups in total. The van der Waals surface area contributed by atoms with E-state index in [1.54, 1.807) is 36.4 Å². The zero-order valence-electron chi connectivity index (χ0n) is 12.1. The Morgan fingerprint density at radius 1 is 1.18 bits per heavy atom. The maximum atomic E-state index is 13.0. The summed E-state index contributed by atoms with van der Waals surface area (Å²) in [6, 6.07) is 12.8. The number of nitrogens with one attached hydrogen (secondary N) is 1. The topological polar surface area (TPSA) is 41.5 Å². The average Bonchev–Trinajstić information content (AvgIpc) is 2.52. The molecule has 3 nitrogen and oxygen atoms in total. The van der Waals surface area contributed by atoms with Crippen LogP contribution in [0.4, 0.5) is 4.39 Å². The summed E-state index contributed by atoms with van der Waals surface area (Å²) in [5.41, 5.74) is 4.35. The van der Waals surface area contributed by atoms with Crippen LogP contribution in [0.1, 0.15) is 35.7 Å². The van der Waals surface area contributed by atoms with E-state index in [2.05, 4.69) is 10.5 Å². The van der Waals surface area contributed by atoms with Gasteiger partial charge in [-0.05, 0) is 36.2 Å². The predicted octanol–water partition coefficient (Wildman–Crippen LogP) is 4.41. The van der Waals surface area contributed by atoms with Crippen LogP contribution in [-0.4, -0.2) is 11.6 Å². The number of hydrogen-bond donors (Lipinski definition) is 1. The second-order valence-electron chi connectivity index (χ2n) is 4.74. The van der Waals surface area contributed by atoms with E-state index in [4.69, 9.17) is 11.6 Å². The molecule has 0 heterocycles. The van der Waals surface area contributed by atoms with Gasteiger partial charge in [-0.3, -0.25) is 4.79 Å². The molecule has 2 aromatic carbocycles. The number of rotatable bonds is 5. The van der Waals surface area contributed by atoms with Crippen molar-refractivity contribution < 1.29 is 9.18 Å². The Morgan fingerprint density at radius 3 is 2.50 bits per heavy atom. The number of hydrogen-bond acceptors (Lipinski definition) is 2. The second kappa shape index (κ2) is 7.71. The molecule has 5 heteroatoms. The van der Waals surface area contributed by atoms with Gasteiger partial charge in [0.1, 0.15) is 5.82 Å². The van der Waals surface area contributed by atoms with E-state index in [1.807, 2.05) is 6.92 Å². The predicted molar refractivity (Wildman–Crippen MR) is 86.8 cm³/mol. The second-order valence-corrected chi connectivity index (χ2v) is 5.14. The van der Waals surface area contributed by atoms with Gasteiger partial charge in [0.2, 0.25) is 0 Å². The lowest BCUT2D eigenvalue weighted by Gasteiger charge is -2.07. The van der Waals surface area contributed by atoms with Crippen LogP contribution in [0.2, 0.25) is 5.02 Å². The Hall–Kier alpha value is -2.20. The van der Waals surface area contributed by atoms with Crippen molar-refractivity contribution in [1.82, 2.24) is 5.43 Å². The minimum Gasteiger partial charge on any atom is -0.267 e. The lowest BCUT2D eigenvalue weighted by atomic mass is 10.1. The molecule has 0 saturated heterocycles. The molecule has 0 aromatic heterocycles. The number of amides is 1. The van der Waals surface area contributed by atoms with Gasteiger partial charge < -0.3 is 0 Å². The zero-order chi connectivity index (χ0) is 15.9. The molecule has 0 atom stereocenters. The van der Waals surface area contributed by atoms with Gasteiger partial charge in [-0.15, -0.1) is 0 Å². The molecular formula is C17H16ClFN2O. The molecule has 0 saturated carbocycles. The van der Waals surface area contributed by atoms with Gasteiger partial charge in [-0.1, -0.05) is 49.2 Å². The van der Waals surface area contributed by atoms with Crippen molar-refractivity contribution in [2.24, 2.45) is 5.10 Å². The summed E-state index contributed by atoms with van der Waals surface area (Å²) in [6.45, 7) is 2.01. The van der Waals surface area contributed by atoms with E-state index < -0.39 is 0 Å². The molecule has 0 aliphatic carbocycles. The summed E-state index contributed by atoms with van der Waals surface area (Å²) < 4.78 is 13.0. The molecule has 114 valence electrons. The van der Waals surface area contributed by atoms with E-state index in [9.17, 15) is 9.18 Å². The maximum absolute atomic E-state index is 13.0. The standard InChI is InChI=1S/C17H16ClFN2O/c1-2-5-16(12-8-10-13(19)11-9-12)20-21-17(22)14-6-3-4-7-15(14)18/h3-4,6-11H,2,5H2,1H3,(H,21,22)/b20-16+. The van der Waals surface area contributed by atoms with Crippen LogP contribution in [-0.2, 0) is 0 Å². The quantitative estimate of drug-likeness (QED) is 0.643. The molecule has 0 aliphatic heterocycles. The first-order valence-corrected chi connectivity index (χ1v) is 7.37. The molecule has 2 aromatic rings. The number of hydrazone groups is 1. The largest absolute Gasteiger partial charge is 0.272 e. The first kappa shape index (κ1) is 16.2. The third-order valence-corrected chi connectivity index (χ3v) is 3.40. The SMILES string of the molecule is CCC/C(=N\NC(=O)c1ccccc1Cl)c1ccc(F)cc1. The van der Waals surface area contributed by atoms with Crippen LogP contribution in [0.5, 0.6) is 0 Å². The van der Waals surface area contributed by atoms with Gasteiger partial charge in [0, 0.05) is 0 Å². The highest BCUT2D eigenvalue weighted by atomic mass is 35.5. The highest BCUT2D eigenvalue weighted by Crippen LogP contribution is 2.14. The molecule has 0 fully saturated rings. The monoisotopic (exact) mass is 318 g/mol. The van der Waals surface area contributed by atoms with Crippen molar-refractivity contribution >= 4 is 23.2 Å². The van der Waals surface area contributed by atoms with E-state index in [1.165, 1.54) is 12.1 Å². The normalized spacial score (nSPS) is 11.3. The van der Waals surface area contributed by atoms with Crippen molar-refractivity contribution in [3.05, 3.63) is 70.5 Å². The Labute approximate surface area is 133 Å². The fourth-order valence-corrected chi connectivity index (χ4v) is 2.19. The highest BCUT2D eigenvalue weighted by Gasteiger charge is 2.10. The minimum atomic E-state index is -0.374. The van der Waals surface area contributed by atoms with E-state index in [0.717, 1.165) is 12.0 Å². The molecule has 1 amide bonds. The van der Waals surface area contributed by atoms with Crippen LogP contribution in [0.25, 0.3) is 0 Å². The lowest BCUT2D eigenvalue weighted by Crippen LogP contribution is -2.20. The summed E-state index contributed by atoms with van der Waals surface area (Å²) in [5, 5.41) is 4.54. The molecule has 0 radical (unpaired) electrons. The van der Waals surface area contributed by atoms with E-state index in [-0.39, 0.29) is 11.7 Å². The van der Waals surface area contributed by atoms with Gasteiger partial charge in [0.05, 0.1) is 16.3 Å². The molecule has 0 bridgehead atoms. The van der Waals surface area contributed by atoms with Gasteiger partial charge in [0.25, 0.3) is 5.91 Å². The van der Waals surface area contributed by atoms with Crippen molar-refractivity contribution in [2.75, 3.05) is 0 Å². The van der Waals surface area contributed by atoms with E-state index in [0.29, 0.717) is 22.7 Å². The van der Waals surface area contributed by atoms with Crippen LogP contribution in [0.15, 0.2) is 53.6 Å². The van der Waals surface area contributed by atoms with Crippen LogP contribution in [0.3, 0.4) is 0 Å². The van der Waals surface area contributed by atoms with Crippen molar-refractivity contribution in [3.8, 4) is 0 Å². The first-order valence-electron chi connectivity index (χ1n) is 6.99. The van der Waals surface area contributed by atoms with Gasteiger partial charge in [-0.2, -0.15) is 5.10 Å². The van der Waals surface area contributed by atoms with Gasteiger partial charge in [-0.25, -0.2) is 9.82 Å². The summed E-state index contributed by atoms with van der Waals surface area (Å²) in [6.07, 6.45) is 1.53. The summed E-state index contributed by atoms with van der Waals surface area (Å²) in [4.78, 5) is 12.1. The summed E-state index contributed by atoms with van der Waals surface area (Å²) in [5.74, 6) is -0.680. The molecular weight excluding hydrogens is 303 g/mol. The van der Waals surface area contributed by atoms with Gasteiger partial charge in [0.15, 0.2) is 0 Å². The number of halogens is 2. The Bertz CT molecular complexity index is 683. The average molecular weight is 319 g/mol. The van der Waals surface area contributed by atoms with Crippen LogP contribution >= 0.6 is 11.6 Å². The number of carbonyl (C=O) groups is 1. The number of benzene rings is 2. The fraction of sp³-hybridized carbons (Fsp3) is 0.176. The third-order valence-electron chi connectivity index (χ3n) is 3.08. The van der Waals surface area contributed by atoms with Crippen LogP contribution < -0.4 is 5.43 Å². The molecule has 22 heavy (non-hydrogen) atoms. The molecule has 0 aliphatic rings. The lowest BCUT2D eigenvalue weighted by molar-refractivity contribution is 0.0955. The molecule has 0 spiro atoms. The van der Waals surface area contributed by atoms with Crippen LogP contribution in [0, 0.1) is 5.82 Å². The first-order chi connectivity index (χ1) is 10.6. The van der Waals surface area contributed by atoms with Crippen molar-refractivity contribution in [1.29, 1.82) is 0 Å². The number of carbonyl (C=O) groups excluding carboxylic acids is 1. The fourth-order valence-electron chi connectivity index (χ4n) is 1.97. The zero-order valence-corrected chi connectivity index (χ0v) is 12.9. The Kier molecular flexibility index (Phi) is 5.67.